The first kappa shape index (κ1) is 21.5. The van der Waals surface area contributed by atoms with Crippen LogP contribution >= 0.6 is 11.6 Å². The standard InChI is InChI=1S/C19H28ClN3O4S/c1-22(10-11-23-8-2-3-9-23)19(24)15-6-7-17(20)18(13-15)28(25,26)21-14-16-5-4-12-27-16/h6-7,13,16,21H,2-5,8-12,14H2,1H3. The number of carbonyl (C=O) groups is 1. The molecule has 1 N–H and O–H groups in total. The van der Waals surface area contributed by atoms with E-state index in [1.165, 1.54) is 25.0 Å². The number of likely N-dealkylation sites (N-methyl/N-ethyl adjacent to an activating group) is 1. The topological polar surface area (TPSA) is 79.0 Å². The van der Waals surface area contributed by atoms with Gasteiger partial charge in [0.2, 0.25) is 10.0 Å². The van der Waals surface area contributed by atoms with Crippen molar-refractivity contribution in [3.05, 3.63) is 28.8 Å². The molecule has 0 bridgehead atoms. The lowest BCUT2D eigenvalue weighted by Crippen LogP contribution is -2.35. The van der Waals surface area contributed by atoms with Crippen molar-refractivity contribution in [3.8, 4) is 0 Å². The molecular formula is C19H28ClN3O4S. The first-order chi connectivity index (χ1) is 13.4. The normalized spacial score (nSPS) is 20.6. The van der Waals surface area contributed by atoms with E-state index in [1.54, 1.807) is 18.0 Å². The average Bonchev–Trinajstić information content (AvgIpc) is 3.38. The molecule has 1 unspecified atom stereocenters. The van der Waals surface area contributed by atoms with Gasteiger partial charge in [0.05, 0.1) is 11.1 Å². The van der Waals surface area contributed by atoms with Crippen LogP contribution in [0, 0.1) is 0 Å². The third-order valence-electron chi connectivity index (χ3n) is 5.29. The highest BCUT2D eigenvalue weighted by Gasteiger charge is 2.24. The smallest absolute Gasteiger partial charge is 0.253 e. The number of likely N-dealkylation sites (tertiary alicyclic amines) is 1. The monoisotopic (exact) mass is 429 g/mol. The van der Waals surface area contributed by atoms with Crippen LogP contribution in [0.25, 0.3) is 0 Å². The zero-order valence-corrected chi connectivity index (χ0v) is 17.8. The molecule has 0 aliphatic carbocycles. The maximum absolute atomic E-state index is 12.7. The van der Waals surface area contributed by atoms with Crippen LogP contribution in [0.2, 0.25) is 5.02 Å². The Morgan fingerprint density at radius 2 is 2.07 bits per heavy atom. The Morgan fingerprint density at radius 1 is 1.32 bits per heavy atom. The van der Waals surface area contributed by atoms with Crippen molar-refractivity contribution in [1.29, 1.82) is 0 Å². The lowest BCUT2D eigenvalue weighted by molar-refractivity contribution is 0.0782. The second-order valence-electron chi connectivity index (χ2n) is 7.41. The number of rotatable bonds is 8. The molecular weight excluding hydrogens is 402 g/mol. The van der Waals surface area contributed by atoms with Crippen molar-refractivity contribution >= 4 is 27.5 Å². The van der Waals surface area contributed by atoms with E-state index in [1.807, 2.05) is 0 Å². The number of halogens is 1. The fourth-order valence-corrected chi connectivity index (χ4v) is 5.14. The first-order valence-electron chi connectivity index (χ1n) is 9.75. The molecule has 2 aliphatic rings. The molecule has 0 radical (unpaired) electrons. The lowest BCUT2D eigenvalue weighted by atomic mass is 10.2. The van der Waals surface area contributed by atoms with Crippen molar-refractivity contribution < 1.29 is 17.9 Å². The second kappa shape index (κ2) is 9.54. The summed E-state index contributed by atoms with van der Waals surface area (Å²) < 4.78 is 33.3. The highest BCUT2D eigenvalue weighted by Crippen LogP contribution is 2.24. The minimum atomic E-state index is -3.83. The van der Waals surface area contributed by atoms with Gasteiger partial charge in [-0.1, -0.05) is 11.6 Å². The number of nitrogens with zero attached hydrogens (tertiary/aromatic N) is 2. The van der Waals surface area contributed by atoms with Gasteiger partial charge >= 0.3 is 0 Å². The molecule has 2 heterocycles. The number of nitrogens with one attached hydrogen (secondary N) is 1. The van der Waals surface area contributed by atoms with E-state index in [-0.39, 0.29) is 28.5 Å². The summed E-state index contributed by atoms with van der Waals surface area (Å²) in [6.45, 7) is 4.42. The Hall–Kier alpha value is -1.19. The van der Waals surface area contributed by atoms with E-state index in [2.05, 4.69) is 9.62 Å². The Labute approximate surface area is 172 Å². The highest BCUT2D eigenvalue weighted by molar-refractivity contribution is 7.89. The molecule has 2 fully saturated rings. The van der Waals surface area contributed by atoms with Gasteiger partial charge in [0.1, 0.15) is 4.90 Å². The second-order valence-corrected chi connectivity index (χ2v) is 9.55. The van der Waals surface area contributed by atoms with Crippen LogP contribution in [-0.4, -0.2) is 76.6 Å². The molecule has 9 heteroatoms. The summed E-state index contributed by atoms with van der Waals surface area (Å²) in [6, 6.07) is 4.38. The van der Waals surface area contributed by atoms with Crippen LogP contribution in [0.1, 0.15) is 36.0 Å². The van der Waals surface area contributed by atoms with Crippen molar-refractivity contribution in [2.75, 3.05) is 46.4 Å². The lowest BCUT2D eigenvalue weighted by Gasteiger charge is -2.22. The van der Waals surface area contributed by atoms with Crippen molar-refractivity contribution in [1.82, 2.24) is 14.5 Å². The molecule has 7 nitrogen and oxygen atoms in total. The Bertz CT molecular complexity index is 790. The molecule has 1 aromatic carbocycles. The minimum Gasteiger partial charge on any atom is -0.377 e. The Morgan fingerprint density at radius 3 is 2.75 bits per heavy atom. The molecule has 2 aliphatic heterocycles. The third-order valence-corrected chi connectivity index (χ3v) is 7.19. The molecule has 0 saturated carbocycles. The summed E-state index contributed by atoms with van der Waals surface area (Å²) in [5.74, 6) is -0.216. The van der Waals surface area contributed by atoms with E-state index in [9.17, 15) is 13.2 Å². The fourth-order valence-electron chi connectivity index (χ4n) is 3.55. The predicted octanol–water partition coefficient (Wildman–Crippen LogP) is 1.97. The molecule has 1 atom stereocenters. The molecule has 3 rings (SSSR count). The number of benzene rings is 1. The summed E-state index contributed by atoms with van der Waals surface area (Å²) in [4.78, 5) is 16.6. The molecule has 1 amide bonds. The van der Waals surface area contributed by atoms with E-state index in [0.717, 1.165) is 32.5 Å². The Balaban J connectivity index is 1.66. The highest BCUT2D eigenvalue weighted by atomic mass is 35.5. The van der Waals surface area contributed by atoms with Crippen LogP contribution in [-0.2, 0) is 14.8 Å². The van der Waals surface area contributed by atoms with Crippen molar-refractivity contribution in [3.63, 3.8) is 0 Å². The summed E-state index contributed by atoms with van der Waals surface area (Å²) in [5.41, 5.74) is 0.311. The van der Waals surface area contributed by atoms with Gasteiger partial charge in [-0.2, -0.15) is 0 Å². The SMILES string of the molecule is CN(CCN1CCCC1)C(=O)c1ccc(Cl)c(S(=O)(=O)NCC2CCCO2)c1. The van der Waals surface area contributed by atoms with E-state index in [4.69, 9.17) is 16.3 Å². The van der Waals surface area contributed by atoms with Crippen LogP contribution in [0.5, 0.6) is 0 Å². The van der Waals surface area contributed by atoms with E-state index >= 15 is 0 Å². The van der Waals surface area contributed by atoms with Gasteiger partial charge in [0, 0.05) is 38.9 Å². The quantitative estimate of drug-likeness (QED) is 0.683. The number of hydrogen-bond donors (Lipinski definition) is 1. The maximum Gasteiger partial charge on any atom is 0.253 e. The van der Waals surface area contributed by atoms with E-state index in [0.29, 0.717) is 18.7 Å². The molecule has 28 heavy (non-hydrogen) atoms. The molecule has 0 aromatic heterocycles. The number of sulfonamides is 1. The van der Waals surface area contributed by atoms with Gasteiger partial charge < -0.3 is 14.5 Å². The summed E-state index contributed by atoms with van der Waals surface area (Å²) in [6.07, 6.45) is 4.05. The minimum absolute atomic E-state index is 0.0778. The third kappa shape index (κ3) is 5.45. The number of amides is 1. The van der Waals surface area contributed by atoms with Gasteiger partial charge in [-0.3, -0.25) is 4.79 Å². The summed E-state index contributed by atoms with van der Waals surface area (Å²) in [7, 11) is -2.09. The van der Waals surface area contributed by atoms with Crippen LogP contribution < -0.4 is 4.72 Å². The zero-order valence-electron chi connectivity index (χ0n) is 16.2. The van der Waals surface area contributed by atoms with E-state index < -0.39 is 10.0 Å². The molecule has 1 aromatic rings. The first-order valence-corrected chi connectivity index (χ1v) is 11.6. The van der Waals surface area contributed by atoms with Crippen molar-refractivity contribution in [2.24, 2.45) is 0 Å². The average molecular weight is 430 g/mol. The van der Waals surface area contributed by atoms with Gasteiger partial charge in [0.25, 0.3) is 5.91 Å². The predicted molar refractivity (Wildman–Crippen MR) is 108 cm³/mol. The van der Waals surface area contributed by atoms with Crippen LogP contribution in [0.4, 0.5) is 0 Å². The molecule has 0 spiro atoms. The number of hydrogen-bond acceptors (Lipinski definition) is 5. The van der Waals surface area contributed by atoms with Crippen molar-refractivity contribution in [2.45, 2.75) is 36.7 Å². The van der Waals surface area contributed by atoms with Gasteiger partial charge in [-0.25, -0.2) is 13.1 Å². The maximum atomic E-state index is 12.7. The summed E-state index contributed by atoms with van der Waals surface area (Å²) in [5, 5.41) is 0.0936. The van der Waals surface area contributed by atoms with Gasteiger partial charge in [0.15, 0.2) is 0 Å². The summed E-state index contributed by atoms with van der Waals surface area (Å²) >= 11 is 6.13. The molecule has 2 saturated heterocycles. The largest absolute Gasteiger partial charge is 0.377 e. The van der Waals surface area contributed by atoms with Gasteiger partial charge in [-0.05, 0) is 57.0 Å². The van der Waals surface area contributed by atoms with Crippen LogP contribution in [0.3, 0.4) is 0 Å². The number of carbonyl (C=O) groups excluding carboxylic acids is 1. The fraction of sp³-hybridized carbons (Fsp3) is 0.632. The number of ether oxygens (including phenoxy) is 1. The molecule has 156 valence electrons. The van der Waals surface area contributed by atoms with Gasteiger partial charge in [-0.15, -0.1) is 0 Å². The zero-order chi connectivity index (χ0) is 20.1. The Kier molecular flexibility index (Phi) is 7.33. The van der Waals surface area contributed by atoms with Crippen LogP contribution in [0.15, 0.2) is 23.1 Å².